The fraction of sp³-hybridized carbons (Fsp3) is 0. The Morgan fingerprint density at radius 2 is 0.645 bits per heavy atom. The standard InChI is InChI=1S/C57H37N5/c1-4-17-38(18-5-1)41-31-33-49-47-27-12-14-29-51(47)61(53(49)36-41)56-58-55(44-24-16-23-43(35-44)46-26-11-10-25-45(46)40-21-8-3-9-22-40)59-57(60-56)62-52-30-15-13-28-48(52)50-34-32-42(37-54(50)62)39-19-6-2-7-20-39/h1-37H. The van der Waals surface area contributed by atoms with Crippen molar-refractivity contribution in [1.82, 2.24) is 24.1 Å². The maximum atomic E-state index is 5.49. The molecule has 0 radical (unpaired) electrons. The van der Waals surface area contributed by atoms with E-state index in [1.165, 1.54) is 11.1 Å². The first kappa shape index (κ1) is 35.5. The largest absolute Gasteiger partial charge is 0.278 e. The zero-order chi connectivity index (χ0) is 41.0. The van der Waals surface area contributed by atoms with Crippen LogP contribution in [0.4, 0.5) is 0 Å². The fourth-order valence-electron chi connectivity index (χ4n) is 9.11. The molecule has 0 unspecified atom stereocenters. The summed E-state index contributed by atoms with van der Waals surface area (Å²) in [6.07, 6.45) is 0. The number of rotatable bonds is 7. The number of fused-ring (bicyclic) bond motifs is 6. The molecule has 0 spiro atoms. The number of para-hydroxylation sites is 2. The van der Waals surface area contributed by atoms with Gasteiger partial charge in [-0.25, -0.2) is 0 Å². The first-order chi connectivity index (χ1) is 30.7. The molecule has 5 nitrogen and oxygen atoms in total. The summed E-state index contributed by atoms with van der Waals surface area (Å²) >= 11 is 0. The molecule has 0 aliphatic heterocycles. The van der Waals surface area contributed by atoms with Gasteiger partial charge in [0, 0.05) is 27.1 Å². The van der Waals surface area contributed by atoms with Gasteiger partial charge >= 0.3 is 0 Å². The van der Waals surface area contributed by atoms with Crippen LogP contribution in [0, 0.1) is 0 Å². The Morgan fingerprint density at radius 1 is 0.242 bits per heavy atom. The summed E-state index contributed by atoms with van der Waals surface area (Å²) in [5.41, 5.74) is 14.1. The minimum absolute atomic E-state index is 0.543. The normalized spacial score (nSPS) is 11.5. The third-order valence-electron chi connectivity index (χ3n) is 12.0. The summed E-state index contributed by atoms with van der Waals surface area (Å²) in [4.78, 5) is 16.3. The zero-order valence-electron chi connectivity index (χ0n) is 33.6. The first-order valence-electron chi connectivity index (χ1n) is 20.9. The van der Waals surface area contributed by atoms with Crippen LogP contribution in [0.5, 0.6) is 0 Å². The zero-order valence-corrected chi connectivity index (χ0v) is 33.6. The molecule has 3 aromatic heterocycles. The second-order valence-corrected chi connectivity index (χ2v) is 15.7. The molecule has 0 aliphatic rings. The van der Waals surface area contributed by atoms with Crippen molar-refractivity contribution in [2.75, 3.05) is 0 Å². The van der Waals surface area contributed by atoms with Crippen molar-refractivity contribution in [2.24, 2.45) is 0 Å². The average molecular weight is 792 g/mol. The van der Waals surface area contributed by atoms with E-state index >= 15 is 0 Å². The van der Waals surface area contributed by atoms with Crippen molar-refractivity contribution in [2.45, 2.75) is 0 Å². The van der Waals surface area contributed by atoms with E-state index in [1.807, 2.05) is 0 Å². The molecule has 0 saturated carbocycles. The summed E-state index contributed by atoms with van der Waals surface area (Å²) in [5.74, 6) is 1.67. The van der Waals surface area contributed by atoms with Crippen LogP contribution in [0.25, 0.3) is 111 Å². The first-order valence-corrected chi connectivity index (χ1v) is 20.9. The van der Waals surface area contributed by atoms with Crippen LogP contribution in [0.1, 0.15) is 0 Å². The van der Waals surface area contributed by atoms with Crippen molar-refractivity contribution in [3.05, 3.63) is 224 Å². The lowest BCUT2D eigenvalue weighted by molar-refractivity contribution is 0.893. The molecule has 5 heteroatoms. The van der Waals surface area contributed by atoms with Crippen LogP contribution in [0.15, 0.2) is 224 Å². The van der Waals surface area contributed by atoms with Crippen LogP contribution in [0.2, 0.25) is 0 Å². The van der Waals surface area contributed by atoms with Crippen LogP contribution >= 0.6 is 0 Å². The summed E-state index contributed by atoms with van der Waals surface area (Å²) in [6, 6.07) is 79.3. The van der Waals surface area contributed by atoms with Crippen LogP contribution < -0.4 is 0 Å². The predicted octanol–water partition coefficient (Wildman–Crippen LogP) is 14.4. The van der Waals surface area contributed by atoms with Crippen molar-refractivity contribution in [1.29, 1.82) is 0 Å². The number of hydrogen-bond donors (Lipinski definition) is 0. The van der Waals surface area contributed by atoms with E-state index in [0.717, 1.165) is 82.6 Å². The molecule has 0 aliphatic carbocycles. The van der Waals surface area contributed by atoms with E-state index < -0.39 is 0 Å². The van der Waals surface area contributed by atoms with Crippen molar-refractivity contribution >= 4 is 43.6 Å². The minimum atomic E-state index is 0.543. The van der Waals surface area contributed by atoms with Gasteiger partial charge in [-0.1, -0.05) is 194 Å². The number of aromatic nitrogens is 5. The molecular weight excluding hydrogens is 755 g/mol. The minimum Gasteiger partial charge on any atom is -0.278 e. The highest BCUT2D eigenvalue weighted by Crippen LogP contribution is 2.38. The molecule has 3 heterocycles. The van der Waals surface area contributed by atoms with E-state index in [-0.39, 0.29) is 0 Å². The number of hydrogen-bond acceptors (Lipinski definition) is 3. The topological polar surface area (TPSA) is 48.5 Å². The van der Waals surface area contributed by atoms with Crippen molar-refractivity contribution in [3.8, 4) is 67.8 Å². The molecule has 290 valence electrons. The predicted molar refractivity (Wildman–Crippen MR) is 256 cm³/mol. The molecule has 0 amide bonds. The van der Waals surface area contributed by atoms with Crippen molar-refractivity contribution < 1.29 is 0 Å². The Hall–Kier alpha value is -8.41. The monoisotopic (exact) mass is 791 g/mol. The van der Waals surface area contributed by atoms with Gasteiger partial charge in [0.05, 0.1) is 22.1 Å². The van der Waals surface area contributed by atoms with Gasteiger partial charge in [-0.3, -0.25) is 9.13 Å². The maximum Gasteiger partial charge on any atom is 0.240 e. The number of nitrogens with zero attached hydrogens (tertiary/aromatic N) is 5. The molecule has 0 atom stereocenters. The van der Waals surface area contributed by atoms with E-state index in [9.17, 15) is 0 Å². The molecule has 0 N–H and O–H groups in total. The second-order valence-electron chi connectivity index (χ2n) is 15.7. The van der Waals surface area contributed by atoms with Crippen LogP contribution in [0.3, 0.4) is 0 Å². The SMILES string of the molecule is c1ccc(-c2ccc3c4ccccc4n(-c4nc(-c5cccc(-c6ccccc6-c6ccccc6)c5)nc(-n5c6ccccc6c6ccc(-c7ccccc7)cc65)n4)c3c2)cc1. The maximum absolute atomic E-state index is 5.49. The highest BCUT2D eigenvalue weighted by molar-refractivity contribution is 6.11. The smallest absolute Gasteiger partial charge is 0.240 e. The molecule has 0 fully saturated rings. The van der Waals surface area contributed by atoms with Gasteiger partial charge in [0.1, 0.15) is 0 Å². The second kappa shape index (κ2) is 14.7. The molecule has 62 heavy (non-hydrogen) atoms. The summed E-state index contributed by atoms with van der Waals surface area (Å²) in [6.45, 7) is 0. The molecule has 0 saturated heterocycles. The Labute approximate surface area is 358 Å². The van der Waals surface area contributed by atoms with Gasteiger partial charge < -0.3 is 0 Å². The lowest BCUT2D eigenvalue weighted by atomic mass is 9.94. The van der Waals surface area contributed by atoms with Gasteiger partial charge in [-0.15, -0.1) is 0 Å². The lowest BCUT2D eigenvalue weighted by Gasteiger charge is -2.14. The van der Waals surface area contributed by atoms with E-state index in [1.54, 1.807) is 0 Å². The molecular formula is C57H37N5. The Bertz CT molecular complexity index is 3450. The third kappa shape index (κ3) is 5.98. The molecule has 0 bridgehead atoms. The highest BCUT2D eigenvalue weighted by atomic mass is 15.3. The molecule has 9 aromatic carbocycles. The average Bonchev–Trinajstić information content (AvgIpc) is 3.87. The Balaban J connectivity index is 1.14. The van der Waals surface area contributed by atoms with Gasteiger partial charge in [-0.2, -0.15) is 15.0 Å². The summed E-state index contributed by atoms with van der Waals surface area (Å²) < 4.78 is 4.42. The highest BCUT2D eigenvalue weighted by Gasteiger charge is 2.22. The van der Waals surface area contributed by atoms with E-state index in [2.05, 4.69) is 234 Å². The quantitative estimate of drug-likeness (QED) is 0.162. The summed E-state index contributed by atoms with van der Waals surface area (Å²) in [5, 5.41) is 4.53. The third-order valence-corrected chi connectivity index (χ3v) is 12.0. The van der Waals surface area contributed by atoms with Crippen LogP contribution in [-0.4, -0.2) is 24.1 Å². The van der Waals surface area contributed by atoms with Gasteiger partial charge in [-0.05, 0) is 74.8 Å². The van der Waals surface area contributed by atoms with E-state index in [4.69, 9.17) is 15.0 Å². The fourth-order valence-corrected chi connectivity index (χ4v) is 9.11. The summed E-state index contributed by atoms with van der Waals surface area (Å²) in [7, 11) is 0. The molecule has 12 aromatic rings. The van der Waals surface area contributed by atoms with Gasteiger partial charge in [0.15, 0.2) is 5.82 Å². The molecule has 12 rings (SSSR count). The number of benzene rings is 9. The van der Waals surface area contributed by atoms with E-state index in [0.29, 0.717) is 17.7 Å². The van der Waals surface area contributed by atoms with Gasteiger partial charge in [0.2, 0.25) is 11.9 Å². The Kier molecular flexibility index (Phi) is 8.42. The van der Waals surface area contributed by atoms with Gasteiger partial charge in [0.25, 0.3) is 0 Å². The Morgan fingerprint density at radius 3 is 1.18 bits per heavy atom. The van der Waals surface area contributed by atoms with Crippen molar-refractivity contribution in [3.63, 3.8) is 0 Å². The van der Waals surface area contributed by atoms with Crippen LogP contribution in [-0.2, 0) is 0 Å². The lowest BCUT2D eigenvalue weighted by Crippen LogP contribution is -2.10.